The second-order valence-electron chi connectivity index (χ2n) is 3.76. The molecule has 0 spiro atoms. The number of nitrogens with one attached hydrogen (secondary N) is 2. The third-order valence-electron chi connectivity index (χ3n) is 2.63. The van der Waals surface area contributed by atoms with Crippen molar-refractivity contribution in [3.05, 3.63) is 18.0 Å². The topological polar surface area (TPSA) is 84.1 Å². The van der Waals surface area contributed by atoms with Crippen molar-refractivity contribution >= 4 is 10.0 Å². The van der Waals surface area contributed by atoms with Crippen molar-refractivity contribution in [2.75, 3.05) is 13.2 Å². The molecule has 0 aliphatic carbocycles. The van der Waals surface area contributed by atoms with Gasteiger partial charge in [0.05, 0.1) is 17.5 Å². The molecule has 2 N–H and O–H groups in total. The van der Waals surface area contributed by atoms with Gasteiger partial charge in [0.1, 0.15) is 0 Å². The highest BCUT2D eigenvalue weighted by Gasteiger charge is 2.27. The van der Waals surface area contributed by atoms with Crippen LogP contribution in [0.1, 0.15) is 18.5 Å². The van der Waals surface area contributed by atoms with Crippen molar-refractivity contribution in [3.63, 3.8) is 0 Å². The molecule has 1 saturated heterocycles. The molecule has 6 nitrogen and oxygen atoms in total. The van der Waals surface area contributed by atoms with Crippen LogP contribution < -0.4 is 4.72 Å². The Hall–Kier alpha value is -0.920. The Morgan fingerprint density at radius 3 is 2.88 bits per heavy atom. The van der Waals surface area contributed by atoms with E-state index in [0.29, 0.717) is 26.1 Å². The first-order valence-corrected chi connectivity index (χ1v) is 6.77. The van der Waals surface area contributed by atoms with E-state index in [4.69, 9.17) is 4.74 Å². The van der Waals surface area contributed by atoms with E-state index in [1.165, 1.54) is 0 Å². The van der Waals surface area contributed by atoms with Crippen molar-refractivity contribution in [2.24, 2.45) is 0 Å². The molecule has 16 heavy (non-hydrogen) atoms. The molecular weight excluding hydrogens is 230 g/mol. The fraction of sp³-hybridized carbons (Fsp3) is 0.667. The first-order chi connectivity index (χ1) is 7.68. The number of aromatic nitrogens is 2. The Morgan fingerprint density at radius 2 is 2.25 bits per heavy atom. The quantitative estimate of drug-likeness (QED) is 0.782. The summed E-state index contributed by atoms with van der Waals surface area (Å²) >= 11 is 0. The number of rotatable bonds is 4. The van der Waals surface area contributed by atoms with Gasteiger partial charge in [0, 0.05) is 19.4 Å². The summed E-state index contributed by atoms with van der Waals surface area (Å²) < 4.78 is 31.5. The van der Waals surface area contributed by atoms with Crippen LogP contribution in [-0.2, 0) is 21.3 Å². The number of hydrogen-bond donors (Lipinski definition) is 2. The maximum absolute atomic E-state index is 11.9. The zero-order valence-electron chi connectivity index (χ0n) is 8.85. The Kier molecular flexibility index (Phi) is 3.57. The minimum Gasteiger partial charge on any atom is -0.381 e. The molecule has 2 rings (SSSR count). The molecule has 2 heterocycles. The SMILES string of the molecule is O=S(=O)(NCc1ccn[nH]1)C1CCOCC1. The molecule has 1 aliphatic heterocycles. The Balaban J connectivity index is 1.91. The van der Waals surface area contributed by atoms with Gasteiger partial charge in [-0.2, -0.15) is 5.10 Å². The fourth-order valence-corrected chi connectivity index (χ4v) is 3.07. The van der Waals surface area contributed by atoms with Crippen LogP contribution in [-0.4, -0.2) is 37.1 Å². The molecule has 0 atom stereocenters. The number of aromatic amines is 1. The van der Waals surface area contributed by atoms with Gasteiger partial charge in [-0.25, -0.2) is 13.1 Å². The van der Waals surface area contributed by atoms with Crippen molar-refractivity contribution in [2.45, 2.75) is 24.6 Å². The molecule has 0 unspecified atom stereocenters. The highest BCUT2D eigenvalue weighted by molar-refractivity contribution is 7.90. The fourth-order valence-electron chi connectivity index (χ4n) is 1.67. The first kappa shape index (κ1) is 11.6. The first-order valence-electron chi connectivity index (χ1n) is 5.23. The summed E-state index contributed by atoms with van der Waals surface area (Å²) in [4.78, 5) is 0. The van der Waals surface area contributed by atoms with Gasteiger partial charge in [0.25, 0.3) is 0 Å². The predicted octanol–water partition coefficient (Wildman–Crippen LogP) is 0.00810. The average Bonchev–Trinajstić information content (AvgIpc) is 2.81. The summed E-state index contributed by atoms with van der Waals surface area (Å²) in [6.07, 6.45) is 2.73. The Labute approximate surface area is 94.4 Å². The molecule has 1 fully saturated rings. The molecule has 1 aliphatic rings. The average molecular weight is 245 g/mol. The van der Waals surface area contributed by atoms with E-state index in [2.05, 4.69) is 14.9 Å². The number of hydrogen-bond acceptors (Lipinski definition) is 4. The lowest BCUT2D eigenvalue weighted by molar-refractivity contribution is 0.0981. The van der Waals surface area contributed by atoms with Crippen molar-refractivity contribution < 1.29 is 13.2 Å². The number of ether oxygens (including phenoxy) is 1. The third kappa shape index (κ3) is 2.81. The van der Waals surface area contributed by atoms with Gasteiger partial charge < -0.3 is 4.74 Å². The third-order valence-corrected chi connectivity index (χ3v) is 4.53. The number of nitrogens with zero attached hydrogens (tertiary/aromatic N) is 1. The smallest absolute Gasteiger partial charge is 0.215 e. The highest BCUT2D eigenvalue weighted by Crippen LogP contribution is 2.14. The highest BCUT2D eigenvalue weighted by atomic mass is 32.2. The molecular formula is C9H15N3O3S. The van der Waals surface area contributed by atoms with E-state index in [-0.39, 0.29) is 11.8 Å². The van der Waals surface area contributed by atoms with Gasteiger partial charge in [-0.15, -0.1) is 0 Å². The van der Waals surface area contributed by atoms with Crippen molar-refractivity contribution in [1.82, 2.24) is 14.9 Å². The van der Waals surface area contributed by atoms with E-state index < -0.39 is 10.0 Å². The molecule has 0 bridgehead atoms. The monoisotopic (exact) mass is 245 g/mol. The minimum absolute atomic E-state index is 0.264. The second-order valence-corrected chi connectivity index (χ2v) is 5.81. The van der Waals surface area contributed by atoms with Crippen LogP contribution >= 0.6 is 0 Å². The normalized spacial score (nSPS) is 18.8. The van der Waals surface area contributed by atoms with E-state index in [1.807, 2.05) is 0 Å². The predicted molar refractivity (Wildman–Crippen MR) is 58.2 cm³/mol. The molecule has 0 radical (unpaired) electrons. The maximum atomic E-state index is 11.9. The maximum Gasteiger partial charge on any atom is 0.215 e. The number of sulfonamides is 1. The van der Waals surface area contributed by atoms with Gasteiger partial charge in [0.2, 0.25) is 10.0 Å². The van der Waals surface area contributed by atoms with Crippen LogP contribution in [0.15, 0.2) is 12.3 Å². The van der Waals surface area contributed by atoms with E-state index in [1.54, 1.807) is 12.3 Å². The summed E-state index contributed by atoms with van der Waals surface area (Å²) in [5, 5.41) is 6.14. The summed E-state index contributed by atoms with van der Waals surface area (Å²) in [6, 6.07) is 1.74. The van der Waals surface area contributed by atoms with Crippen molar-refractivity contribution in [1.29, 1.82) is 0 Å². The standard InChI is InChI=1S/C9H15N3O3S/c13-16(14,9-2-5-15-6-3-9)11-7-8-1-4-10-12-8/h1,4,9,11H,2-3,5-7H2,(H,10,12). The molecule has 1 aromatic rings. The van der Waals surface area contributed by atoms with Gasteiger partial charge in [-0.05, 0) is 18.9 Å². The molecule has 0 aromatic carbocycles. The zero-order valence-corrected chi connectivity index (χ0v) is 9.66. The summed E-state index contributed by atoms with van der Waals surface area (Å²) in [7, 11) is -3.24. The van der Waals surface area contributed by atoms with Gasteiger partial charge in [0.15, 0.2) is 0 Å². The Bertz CT molecular complexity index is 409. The van der Waals surface area contributed by atoms with Crippen LogP contribution in [0.5, 0.6) is 0 Å². The largest absolute Gasteiger partial charge is 0.381 e. The van der Waals surface area contributed by atoms with Crippen LogP contribution in [0, 0.1) is 0 Å². The number of H-pyrrole nitrogens is 1. The zero-order chi connectivity index (χ0) is 11.4. The van der Waals surface area contributed by atoms with E-state index >= 15 is 0 Å². The molecule has 0 saturated carbocycles. The summed E-state index contributed by atoms with van der Waals surface area (Å²) in [5.41, 5.74) is 0.760. The lowest BCUT2D eigenvalue weighted by atomic mass is 10.2. The lowest BCUT2D eigenvalue weighted by Crippen LogP contribution is -2.37. The minimum atomic E-state index is -3.24. The van der Waals surface area contributed by atoms with Crippen LogP contribution in [0.2, 0.25) is 0 Å². The van der Waals surface area contributed by atoms with Crippen LogP contribution in [0.25, 0.3) is 0 Å². The van der Waals surface area contributed by atoms with Gasteiger partial charge >= 0.3 is 0 Å². The Morgan fingerprint density at radius 1 is 1.50 bits per heavy atom. The van der Waals surface area contributed by atoms with Crippen LogP contribution in [0.4, 0.5) is 0 Å². The van der Waals surface area contributed by atoms with Gasteiger partial charge in [-0.1, -0.05) is 0 Å². The summed E-state index contributed by atoms with van der Waals surface area (Å²) in [5.74, 6) is 0. The van der Waals surface area contributed by atoms with E-state index in [9.17, 15) is 8.42 Å². The molecule has 0 amide bonds. The van der Waals surface area contributed by atoms with Crippen molar-refractivity contribution in [3.8, 4) is 0 Å². The van der Waals surface area contributed by atoms with E-state index in [0.717, 1.165) is 5.69 Å². The second kappa shape index (κ2) is 4.94. The summed E-state index contributed by atoms with van der Waals surface area (Å²) in [6.45, 7) is 1.31. The molecule has 1 aromatic heterocycles. The van der Waals surface area contributed by atoms with Crippen LogP contribution in [0.3, 0.4) is 0 Å². The molecule has 7 heteroatoms. The molecule has 90 valence electrons. The van der Waals surface area contributed by atoms with Gasteiger partial charge in [-0.3, -0.25) is 5.10 Å². The lowest BCUT2D eigenvalue weighted by Gasteiger charge is -2.22.